The minimum atomic E-state index is -0.295. The van der Waals surface area contributed by atoms with Crippen LogP contribution in [0.5, 0.6) is 0 Å². The molecule has 0 atom stereocenters. The lowest BCUT2D eigenvalue weighted by Crippen LogP contribution is -2.49. The normalized spacial score (nSPS) is 15.7. The quantitative estimate of drug-likeness (QED) is 0.803. The van der Waals surface area contributed by atoms with Gasteiger partial charge < -0.3 is 9.64 Å². The zero-order valence-corrected chi connectivity index (χ0v) is 13.8. The maximum atomic E-state index is 12.6. The first-order valence-electron chi connectivity index (χ1n) is 7.58. The summed E-state index contributed by atoms with van der Waals surface area (Å²) in [5.74, 6) is 0.154. The van der Waals surface area contributed by atoms with E-state index < -0.39 is 0 Å². The van der Waals surface area contributed by atoms with Crippen LogP contribution in [0.25, 0.3) is 0 Å². The molecule has 1 fully saturated rings. The topological polar surface area (TPSA) is 49.9 Å². The van der Waals surface area contributed by atoms with E-state index in [-0.39, 0.29) is 11.9 Å². The van der Waals surface area contributed by atoms with E-state index >= 15 is 0 Å². The molecule has 5 nitrogen and oxygen atoms in total. The first kappa shape index (κ1) is 16.5. The van der Waals surface area contributed by atoms with E-state index in [4.69, 9.17) is 4.74 Å². The van der Waals surface area contributed by atoms with Crippen molar-refractivity contribution in [1.29, 1.82) is 0 Å². The highest BCUT2D eigenvalue weighted by molar-refractivity contribution is 6.00. The number of amides is 1. The smallest absolute Gasteiger partial charge is 0.409 e. The number of rotatable bonds is 3. The highest BCUT2D eigenvalue weighted by Crippen LogP contribution is 2.18. The number of piperazine rings is 1. The highest BCUT2D eigenvalue weighted by atomic mass is 16.5. The fourth-order valence-corrected chi connectivity index (χ4v) is 3.12. The number of ether oxygens (including phenoxy) is 1. The molecule has 0 aliphatic carbocycles. The molecule has 1 saturated heterocycles. The Labute approximate surface area is 131 Å². The van der Waals surface area contributed by atoms with Crippen molar-refractivity contribution in [3.8, 4) is 0 Å². The predicted molar refractivity (Wildman–Crippen MR) is 85.4 cm³/mol. The van der Waals surface area contributed by atoms with Crippen molar-refractivity contribution >= 4 is 11.9 Å². The minimum absolute atomic E-state index is 0.154. The van der Waals surface area contributed by atoms with Crippen molar-refractivity contribution in [3.63, 3.8) is 0 Å². The third kappa shape index (κ3) is 3.65. The van der Waals surface area contributed by atoms with Gasteiger partial charge in [-0.25, -0.2) is 4.79 Å². The van der Waals surface area contributed by atoms with E-state index in [1.807, 2.05) is 20.8 Å². The number of benzene rings is 1. The van der Waals surface area contributed by atoms with Crippen LogP contribution in [0.3, 0.4) is 0 Å². The molecule has 0 aromatic heterocycles. The van der Waals surface area contributed by atoms with Crippen LogP contribution < -0.4 is 0 Å². The highest BCUT2D eigenvalue weighted by Gasteiger charge is 2.24. The lowest BCUT2D eigenvalue weighted by molar-refractivity contribution is 0.0790. The molecule has 1 amide bonds. The van der Waals surface area contributed by atoms with E-state index in [0.717, 1.165) is 16.7 Å². The number of methoxy groups -OCH3 is 1. The van der Waals surface area contributed by atoms with Gasteiger partial charge in [-0.05, 0) is 31.9 Å². The van der Waals surface area contributed by atoms with Gasteiger partial charge >= 0.3 is 6.09 Å². The van der Waals surface area contributed by atoms with Crippen LogP contribution in [0.1, 0.15) is 27.0 Å². The fourth-order valence-electron chi connectivity index (χ4n) is 3.12. The average Bonchev–Trinajstić information content (AvgIpc) is 2.46. The van der Waals surface area contributed by atoms with E-state index in [1.54, 1.807) is 4.90 Å². The van der Waals surface area contributed by atoms with Crippen LogP contribution in [0, 0.1) is 20.8 Å². The average molecular weight is 304 g/mol. The maximum absolute atomic E-state index is 12.6. The monoisotopic (exact) mass is 304 g/mol. The SMILES string of the molecule is COC(=O)N1CCN(CC(=O)c2c(C)cc(C)cc2C)CC1. The molecular weight excluding hydrogens is 280 g/mol. The van der Waals surface area contributed by atoms with Gasteiger partial charge in [0.15, 0.2) is 5.78 Å². The number of carbonyl (C=O) groups is 2. The van der Waals surface area contributed by atoms with Crippen molar-refractivity contribution < 1.29 is 14.3 Å². The second kappa shape index (κ2) is 6.92. The van der Waals surface area contributed by atoms with Crippen LogP contribution >= 0.6 is 0 Å². The summed E-state index contributed by atoms with van der Waals surface area (Å²) in [6, 6.07) is 4.10. The zero-order valence-electron chi connectivity index (χ0n) is 13.8. The van der Waals surface area contributed by atoms with E-state index in [0.29, 0.717) is 32.7 Å². The number of hydrogen-bond acceptors (Lipinski definition) is 4. The Balaban J connectivity index is 1.98. The summed E-state index contributed by atoms with van der Waals surface area (Å²) in [7, 11) is 1.39. The second-order valence-corrected chi connectivity index (χ2v) is 5.93. The van der Waals surface area contributed by atoms with Gasteiger partial charge in [0.1, 0.15) is 0 Å². The Morgan fingerprint density at radius 3 is 2.09 bits per heavy atom. The van der Waals surface area contributed by atoms with Crippen LogP contribution in [-0.2, 0) is 4.74 Å². The molecule has 2 rings (SSSR count). The molecular formula is C17H24N2O3. The van der Waals surface area contributed by atoms with Crippen molar-refractivity contribution in [2.75, 3.05) is 39.8 Å². The molecule has 5 heteroatoms. The Morgan fingerprint density at radius 1 is 1.05 bits per heavy atom. The first-order valence-corrected chi connectivity index (χ1v) is 7.58. The molecule has 0 bridgehead atoms. The van der Waals surface area contributed by atoms with Gasteiger partial charge in [-0.1, -0.05) is 17.7 Å². The third-order valence-electron chi connectivity index (χ3n) is 4.13. The van der Waals surface area contributed by atoms with Crippen LogP contribution in [-0.4, -0.2) is 61.5 Å². The van der Waals surface area contributed by atoms with Crippen LogP contribution in [0.4, 0.5) is 4.79 Å². The Bertz CT molecular complexity index is 552. The van der Waals surface area contributed by atoms with Gasteiger partial charge in [0.2, 0.25) is 0 Å². The van der Waals surface area contributed by atoms with Crippen molar-refractivity contribution in [1.82, 2.24) is 9.80 Å². The van der Waals surface area contributed by atoms with Crippen LogP contribution in [0.15, 0.2) is 12.1 Å². The summed E-state index contributed by atoms with van der Waals surface area (Å²) >= 11 is 0. The molecule has 0 unspecified atom stereocenters. The molecule has 1 heterocycles. The van der Waals surface area contributed by atoms with E-state index in [2.05, 4.69) is 17.0 Å². The molecule has 0 spiro atoms. The van der Waals surface area contributed by atoms with Crippen molar-refractivity contribution in [2.45, 2.75) is 20.8 Å². The third-order valence-corrected chi connectivity index (χ3v) is 4.13. The van der Waals surface area contributed by atoms with E-state index in [9.17, 15) is 9.59 Å². The Kier molecular flexibility index (Phi) is 5.19. The predicted octanol–water partition coefficient (Wildman–Crippen LogP) is 2.18. The van der Waals surface area contributed by atoms with Gasteiger partial charge in [0.25, 0.3) is 0 Å². The molecule has 1 aliphatic rings. The van der Waals surface area contributed by atoms with Gasteiger partial charge in [-0.2, -0.15) is 0 Å². The molecule has 0 saturated carbocycles. The summed E-state index contributed by atoms with van der Waals surface area (Å²) in [5, 5.41) is 0. The molecule has 0 radical (unpaired) electrons. The lowest BCUT2D eigenvalue weighted by atomic mass is 9.96. The van der Waals surface area contributed by atoms with Crippen molar-refractivity contribution in [2.24, 2.45) is 0 Å². The Hall–Kier alpha value is -1.88. The standard InChI is InChI=1S/C17H24N2O3/c1-12-9-13(2)16(14(3)10-12)15(20)11-18-5-7-19(8-6-18)17(21)22-4/h9-10H,5-8,11H2,1-4H3. The minimum Gasteiger partial charge on any atom is -0.453 e. The van der Waals surface area contributed by atoms with Gasteiger partial charge in [0, 0.05) is 31.7 Å². The van der Waals surface area contributed by atoms with Gasteiger partial charge in [-0.3, -0.25) is 9.69 Å². The van der Waals surface area contributed by atoms with Gasteiger partial charge in [-0.15, -0.1) is 0 Å². The summed E-state index contributed by atoms with van der Waals surface area (Å²) < 4.78 is 4.72. The fraction of sp³-hybridized carbons (Fsp3) is 0.529. The number of carbonyl (C=O) groups excluding carboxylic acids is 2. The molecule has 1 aromatic carbocycles. The molecule has 120 valence electrons. The number of hydrogen-bond donors (Lipinski definition) is 0. The van der Waals surface area contributed by atoms with Crippen LogP contribution in [0.2, 0.25) is 0 Å². The molecule has 1 aromatic rings. The van der Waals surface area contributed by atoms with E-state index in [1.165, 1.54) is 12.7 Å². The largest absolute Gasteiger partial charge is 0.453 e. The Morgan fingerprint density at radius 2 is 1.59 bits per heavy atom. The molecule has 22 heavy (non-hydrogen) atoms. The zero-order chi connectivity index (χ0) is 16.3. The number of Topliss-reactive ketones (excluding diaryl/α,β-unsaturated/α-hetero) is 1. The first-order chi connectivity index (χ1) is 10.4. The lowest BCUT2D eigenvalue weighted by Gasteiger charge is -2.33. The number of ketones is 1. The summed E-state index contributed by atoms with van der Waals surface area (Å²) in [5.41, 5.74) is 4.09. The number of aryl methyl sites for hydroxylation is 3. The van der Waals surface area contributed by atoms with Gasteiger partial charge in [0.05, 0.1) is 13.7 Å². The molecule has 1 aliphatic heterocycles. The summed E-state index contributed by atoms with van der Waals surface area (Å²) in [6.45, 7) is 9.03. The molecule has 0 N–H and O–H groups in total. The maximum Gasteiger partial charge on any atom is 0.409 e. The van der Waals surface area contributed by atoms with Crippen molar-refractivity contribution in [3.05, 3.63) is 34.4 Å². The summed E-state index contributed by atoms with van der Waals surface area (Å²) in [6.07, 6.45) is -0.295. The summed E-state index contributed by atoms with van der Waals surface area (Å²) in [4.78, 5) is 27.8. The second-order valence-electron chi connectivity index (χ2n) is 5.93. The number of nitrogens with zero attached hydrogens (tertiary/aromatic N) is 2.